The molecule has 2 aromatic rings. The van der Waals surface area contributed by atoms with Gasteiger partial charge < -0.3 is 9.16 Å². The molecule has 0 aliphatic carbocycles. The monoisotopic (exact) mass is 384 g/mol. The van der Waals surface area contributed by atoms with Crippen molar-refractivity contribution in [1.82, 2.24) is 0 Å². The van der Waals surface area contributed by atoms with Gasteiger partial charge in [0.25, 0.3) is 0 Å². The highest BCUT2D eigenvalue weighted by molar-refractivity contribution is 6.70. The fourth-order valence-corrected chi connectivity index (χ4v) is 4.72. The minimum atomic E-state index is -2.27. The summed E-state index contributed by atoms with van der Waals surface area (Å²) in [6.45, 7) is 9.46. The molecule has 27 heavy (non-hydrogen) atoms. The van der Waals surface area contributed by atoms with Gasteiger partial charge in [0.05, 0.1) is 7.11 Å². The van der Waals surface area contributed by atoms with E-state index in [-0.39, 0.29) is 5.78 Å². The third kappa shape index (κ3) is 4.04. The lowest BCUT2D eigenvalue weighted by atomic mass is 9.67. The summed E-state index contributed by atoms with van der Waals surface area (Å²) in [6.07, 6.45) is 0. The summed E-state index contributed by atoms with van der Waals surface area (Å²) in [6, 6.07) is 18.2. The smallest absolute Gasteiger partial charge is 0.314 e. The molecule has 0 saturated heterocycles. The number of carbonyl (C=O) groups is 2. The topological polar surface area (TPSA) is 52.6 Å². The van der Waals surface area contributed by atoms with Crippen LogP contribution in [-0.2, 0) is 19.6 Å². The molecule has 0 amide bonds. The van der Waals surface area contributed by atoms with Crippen LogP contribution in [0.3, 0.4) is 0 Å². The van der Waals surface area contributed by atoms with E-state index in [9.17, 15) is 9.59 Å². The van der Waals surface area contributed by atoms with Gasteiger partial charge in [-0.25, -0.2) is 0 Å². The molecule has 2 aromatic carbocycles. The Labute approximate surface area is 162 Å². The number of esters is 1. The van der Waals surface area contributed by atoms with Crippen molar-refractivity contribution in [3.63, 3.8) is 0 Å². The van der Waals surface area contributed by atoms with Crippen molar-refractivity contribution in [3.8, 4) is 0 Å². The highest BCUT2D eigenvalue weighted by Crippen LogP contribution is 2.48. The second-order valence-corrected chi connectivity index (χ2v) is 12.5. The third-order valence-corrected chi connectivity index (χ3v) is 5.49. The van der Waals surface area contributed by atoms with Gasteiger partial charge in [-0.3, -0.25) is 9.59 Å². The lowest BCUT2D eigenvalue weighted by molar-refractivity contribution is -0.162. The van der Waals surface area contributed by atoms with E-state index in [1.807, 2.05) is 68.2 Å². The number of ketones is 1. The molecule has 0 aliphatic rings. The molecule has 0 spiro atoms. The maximum Gasteiger partial charge on any atom is 0.314 e. The number of Topliss-reactive ketones (excluding diaryl/α,β-unsaturated/α-hetero) is 1. The number of hydrogen-bond donors (Lipinski definition) is 0. The maximum atomic E-state index is 13.9. The molecule has 0 saturated carbocycles. The van der Waals surface area contributed by atoms with Crippen LogP contribution in [0, 0.1) is 5.41 Å². The van der Waals surface area contributed by atoms with Crippen molar-refractivity contribution in [2.75, 3.05) is 7.11 Å². The first kappa shape index (κ1) is 21.1. The lowest BCUT2D eigenvalue weighted by Crippen LogP contribution is -2.58. The van der Waals surface area contributed by atoms with Gasteiger partial charge in [0.15, 0.2) is 19.7 Å². The molecule has 144 valence electrons. The summed E-state index contributed by atoms with van der Waals surface area (Å²) in [5, 5.41) is 0. The van der Waals surface area contributed by atoms with Crippen LogP contribution in [-0.4, -0.2) is 27.2 Å². The zero-order chi connectivity index (χ0) is 20.3. The summed E-state index contributed by atoms with van der Waals surface area (Å²) in [5.41, 5.74) is -1.59. The van der Waals surface area contributed by atoms with E-state index in [0.29, 0.717) is 11.1 Å². The molecule has 0 fully saturated rings. The van der Waals surface area contributed by atoms with Gasteiger partial charge in [-0.05, 0) is 39.1 Å². The van der Waals surface area contributed by atoms with Crippen molar-refractivity contribution in [1.29, 1.82) is 0 Å². The molecule has 1 unspecified atom stereocenters. The molecule has 0 aliphatic heterocycles. The minimum Gasteiger partial charge on any atom is -0.469 e. The first-order valence-corrected chi connectivity index (χ1v) is 12.4. The number of benzene rings is 2. The normalized spacial score (nSPS) is 14.3. The van der Waals surface area contributed by atoms with Crippen LogP contribution in [0.1, 0.15) is 29.8 Å². The van der Waals surface area contributed by atoms with Crippen LogP contribution >= 0.6 is 0 Å². The van der Waals surface area contributed by atoms with Gasteiger partial charge >= 0.3 is 5.97 Å². The molecule has 0 heterocycles. The summed E-state index contributed by atoms with van der Waals surface area (Å²) >= 11 is 0. The fraction of sp³-hybridized carbons (Fsp3) is 0.364. The molecule has 0 N–H and O–H groups in total. The largest absolute Gasteiger partial charge is 0.469 e. The fourth-order valence-electron chi connectivity index (χ4n) is 3.33. The SMILES string of the molecule is COC(=O)C(C)(C)C(O[Si](C)(C)C)(C(=O)c1ccccc1)c1ccccc1. The summed E-state index contributed by atoms with van der Waals surface area (Å²) < 4.78 is 11.7. The Morgan fingerprint density at radius 2 is 1.33 bits per heavy atom. The van der Waals surface area contributed by atoms with Crippen molar-refractivity contribution in [2.45, 2.75) is 39.1 Å². The van der Waals surface area contributed by atoms with Gasteiger partial charge in [0.1, 0.15) is 5.41 Å². The summed E-state index contributed by atoms with van der Waals surface area (Å²) in [4.78, 5) is 26.7. The standard InChI is InChI=1S/C22H28O4Si/c1-21(2,20(24)25-3)22(26-27(4,5)6,18-15-11-8-12-16-18)19(23)17-13-9-7-10-14-17/h7-16H,1-6H3. The molecular formula is C22H28O4Si. The van der Waals surface area contributed by atoms with Crippen LogP contribution in [0.2, 0.25) is 19.6 Å². The average Bonchev–Trinajstić information content (AvgIpc) is 2.65. The average molecular weight is 385 g/mol. The number of carbonyl (C=O) groups excluding carboxylic acids is 2. The lowest BCUT2D eigenvalue weighted by Gasteiger charge is -2.47. The Hall–Kier alpha value is -2.24. The van der Waals surface area contributed by atoms with Gasteiger partial charge in [-0.15, -0.1) is 0 Å². The van der Waals surface area contributed by atoms with Gasteiger partial charge in [0.2, 0.25) is 0 Å². The molecule has 5 heteroatoms. The van der Waals surface area contributed by atoms with E-state index in [0.717, 1.165) is 0 Å². The third-order valence-electron chi connectivity index (χ3n) is 4.57. The van der Waals surface area contributed by atoms with Crippen LogP contribution in [0.4, 0.5) is 0 Å². The predicted molar refractivity (Wildman–Crippen MR) is 109 cm³/mol. The minimum absolute atomic E-state index is 0.243. The van der Waals surface area contributed by atoms with Gasteiger partial charge in [-0.2, -0.15) is 0 Å². The number of hydrogen-bond acceptors (Lipinski definition) is 4. The first-order valence-electron chi connectivity index (χ1n) is 9.00. The van der Waals surface area contributed by atoms with E-state index < -0.39 is 25.3 Å². The van der Waals surface area contributed by atoms with Crippen molar-refractivity contribution in [3.05, 3.63) is 71.8 Å². The van der Waals surface area contributed by atoms with Crippen LogP contribution in [0.25, 0.3) is 0 Å². The van der Waals surface area contributed by atoms with Gasteiger partial charge in [-0.1, -0.05) is 60.7 Å². The maximum absolute atomic E-state index is 13.9. The molecular weight excluding hydrogens is 356 g/mol. The first-order chi connectivity index (χ1) is 12.6. The molecule has 0 bridgehead atoms. The van der Waals surface area contributed by atoms with E-state index in [1.54, 1.807) is 26.0 Å². The van der Waals surface area contributed by atoms with Crippen molar-refractivity contribution in [2.24, 2.45) is 5.41 Å². The van der Waals surface area contributed by atoms with Crippen LogP contribution in [0.15, 0.2) is 60.7 Å². The Kier molecular flexibility index (Phi) is 6.07. The zero-order valence-electron chi connectivity index (χ0n) is 16.9. The molecule has 0 radical (unpaired) electrons. The number of methoxy groups -OCH3 is 1. The predicted octanol–water partition coefficient (Wildman–Crippen LogP) is 4.82. The Balaban J connectivity index is 2.85. The highest BCUT2D eigenvalue weighted by Gasteiger charge is 2.59. The Morgan fingerprint density at radius 3 is 1.78 bits per heavy atom. The quantitative estimate of drug-likeness (QED) is 0.390. The van der Waals surface area contributed by atoms with E-state index in [2.05, 4.69) is 0 Å². The second-order valence-electron chi connectivity index (χ2n) is 8.07. The summed E-state index contributed by atoms with van der Waals surface area (Å²) in [5.74, 6) is -0.735. The number of rotatable bonds is 7. The van der Waals surface area contributed by atoms with Crippen LogP contribution in [0.5, 0.6) is 0 Å². The van der Waals surface area contributed by atoms with Crippen molar-refractivity contribution >= 4 is 20.1 Å². The van der Waals surface area contributed by atoms with Crippen molar-refractivity contribution < 1.29 is 18.8 Å². The Bertz CT molecular complexity index is 794. The van der Waals surface area contributed by atoms with E-state index >= 15 is 0 Å². The molecule has 2 rings (SSSR count). The molecule has 4 nitrogen and oxygen atoms in total. The van der Waals surface area contributed by atoms with E-state index in [1.165, 1.54) is 7.11 Å². The van der Waals surface area contributed by atoms with Crippen LogP contribution < -0.4 is 0 Å². The van der Waals surface area contributed by atoms with E-state index in [4.69, 9.17) is 9.16 Å². The highest BCUT2D eigenvalue weighted by atomic mass is 28.4. The second kappa shape index (κ2) is 7.78. The zero-order valence-corrected chi connectivity index (χ0v) is 17.9. The molecule has 1 atom stereocenters. The Morgan fingerprint density at radius 1 is 0.852 bits per heavy atom. The number of ether oxygens (including phenoxy) is 1. The molecule has 0 aromatic heterocycles. The summed E-state index contributed by atoms with van der Waals surface area (Å²) in [7, 11) is -0.933. The van der Waals surface area contributed by atoms with Gasteiger partial charge in [0, 0.05) is 5.56 Å².